The number of ether oxygens (including phenoxy) is 1. The number of aryl methyl sites for hydroxylation is 1. The minimum absolute atomic E-state index is 0.248. The van der Waals surface area contributed by atoms with Gasteiger partial charge in [0, 0.05) is 29.9 Å². The fourth-order valence-electron chi connectivity index (χ4n) is 3.58. The maximum absolute atomic E-state index is 13.1. The highest BCUT2D eigenvalue weighted by Crippen LogP contribution is 2.33. The van der Waals surface area contributed by atoms with E-state index in [1.807, 2.05) is 37.4 Å². The van der Waals surface area contributed by atoms with Gasteiger partial charge in [-0.1, -0.05) is 18.2 Å². The van der Waals surface area contributed by atoms with Crippen LogP contribution < -0.4 is 10.1 Å². The van der Waals surface area contributed by atoms with Crippen molar-refractivity contribution in [2.24, 2.45) is 0 Å². The predicted molar refractivity (Wildman–Crippen MR) is 116 cm³/mol. The van der Waals surface area contributed by atoms with Crippen LogP contribution in [0.2, 0.25) is 0 Å². The van der Waals surface area contributed by atoms with Crippen molar-refractivity contribution in [1.29, 1.82) is 0 Å². The lowest BCUT2D eigenvalue weighted by Crippen LogP contribution is -2.22. The summed E-state index contributed by atoms with van der Waals surface area (Å²) in [5.41, 5.74) is 4.62. The average molecular weight is 400 g/mol. The second-order valence-corrected chi connectivity index (χ2v) is 7.07. The number of fused-ring (bicyclic) bond motifs is 1. The molecule has 0 saturated carbocycles. The lowest BCUT2D eigenvalue weighted by molar-refractivity contribution is 0.0951. The van der Waals surface area contributed by atoms with Gasteiger partial charge in [0.1, 0.15) is 11.6 Å². The van der Waals surface area contributed by atoms with E-state index in [0.717, 1.165) is 38.8 Å². The number of benzene rings is 3. The number of nitrogens with one attached hydrogen (secondary N) is 1. The largest absolute Gasteiger partial charge is 0.496 e. The Balaban J connectivity index is 1.65. The summed E-state index contributed by atoms with van der Waals surface area (Å²) in [6.45, 7) is 2.37. The molecule has 5 heteroatoms. The number of hydrogen-bond acceptors (Lipinski definition) is 3. The van der Waals surface area contributed by atoms with Crippen LogP contribution in [-0.2, 0) is 6.54 Å². The van der Waals surface area contributed by atoms with Crippen LogP contribution in [0.15, 0.2) is 73.1 Å². The van der Waals surface area contributed by atoms with Crippen LogP contribution in [0, 0.1) is 12.7 Å². The van der Waals surface area contributed by atoms with Gasteiger partial charge in [-0.15, -0.1) is 0 Å². The van der Waals surface area contributed by atoms with E-state index in [2.05, 4.69) is 22.4 Å². The number of nitrogens with zero attached hydrogens (tertiary/aromatic N) is 1. The molecule has 0 aliphatic carbocycles. The molecule has 0 bridgehead atoms. The molecule has 0 spiro atoms. The second kappa shape index (κ2) is 8.33. The lowest BCUT2D eigenvalue weighted by atomic mass is 9.95. The minimum Gasteiger partial charge on any atom is -0.496 e. The summed E-state index contributed by atoms with van der Waals surface area (Å²) in [5.74, 6) is 0.236. The molecule has 0 fully saturated rings. The Hall–Kier alpha value is -3.73. The highest BCUT2D eigenvalue weighted by Gasteiger charge is 2.11. The number of methoxy groups -OCH3 is 1. The normalized spacial score (nSPS) is 10.8. The Bertz CT molecular complexity index is 1220. The van der Waals surface area contributed by atoms with Gasteiger partial charge >= 0.3 is 0 Å². The first-order valence-corrected chi connectivity index (χ1v) is 9.61. The summed E-state index contributed by atoms with van der Waals surface area (Å²) in [6, 6.07) is 17.6. The number of pyridine rings is 1. The van der Waals surface area contributed by atoms with Gasteiger partial charge in [-0.2, -0.15) is 0 Å². The molecule has 150 valence electrons. The van der Waals surface area contributed by atoms with E-state index >= 15 is 0 Å². The van der Waals surface area contributed by atoms with Crippen LogP contribution in [0.4, 0.5) is 4.39 Å². The Kier molecular flexibility index (Phi) is 5.44. The van der Waals surface area contributed by atoms with Crippen molar-refractivity contribution in [2.75, 3.05) is 7.11 Å². The van der Waals surface area contributed by atoms with E-state index in [0.29, 0.717) is 12.1 Å². The maximum Gasteiger partial charge on any atom is 0.251 e. The SMILES string of the molecule is COc1ccc(-c2ccc(CNC(=O)c3ccc(F)cc3)c3cnccc23)cc1C. The average Bonchev–Trinajstić information content (AvgIpc) is 2.77. The maximum atomic E-state index is 13.1. The van der Waals surface area contributed by atoms with Crippen molar-refractivity contribution >= 4 is 16.7 Å². The highest BCUT2D eigenvalue weighted by atomic mass is 19.1. The zero-order valence-corrected chi connectivity index (χ0v) is 16.8. The van der Waals surface area contributed by atoms with Crippen LogP contribution in [0.3, 0.4) is 0 Å². The minimum atomic E-state index is -0.368. The number of hydrogen-bond donors (Lipinski definition) is 1. The van der Waals surface area contributed by atoms with E-state index in [-0.39, 0.29) is 11.7 Å². The van der Waals surface area contributed by atoms with Gasteiger partial charge < -0.3 is 10.1 Å². The third-order valence-corrected chi connectivity index (χ3v) is 5.16. The molecule has 4 rings (SSSR count). The van der Waals surface area contributed by atoms with E-state index in [1.165, 1.54) is 24.3 Å². The summed E-state index contributed by atoms with van der Waals surface area (Å²) in [5, 5.41) is 4.94. The zero-order valence-electron chi connectivity index (χ0n) is 16.8. The lowest BCUT2D eigenvalue weighted by Gasteiger charge is -2.13. The molecular formula is C25H21FN2O2. The van der Waals surface area contributed by atoms with Crippen molar-refractivity contribution in [3.8, 4) is 16.9 Å². The van der Waals surface area contributed by atoms with Gasteiger partial charge in [0.25, 0.3) is 5.91 Å². The monoisotopic (exact) mass is 400 g/mol. The summed E-state index contributed by atoms with van der Waals surface area (Å²) < 4.78 is 18.4. The summed E-state index contributed by atoms with van der Waals surface area (Å²) in [4.78, 5) is 16.7. The molecule has 0 aliphatic rings. The number of carbonyl (C=O) groups is 1. The number of carbonyl (C=O) groups excluding carboxylic acids is 1. The number of aromatic nitrogens is 1. The topological polar surface area (TPSA) is 51.2 Å². The molecule has 0 saturated heterocycles. The molecular weight excluding hydrogens is 379 g/mol. The van der Waals surface area contributed by atoms with Gasteiger partial charge in [0.15, 0.2) is 0 Å². The first-order valence-electron chi connectivity index (χ1n) is 9.61. The fraction of sp³-hybridized carbons (Fsp3) is 0.120. The van der Waals surface area contributed by atoms with Crippen LogP contribution in [0.5, 0.6) is 5.75 Å². The van der Waals surface area contributed by atoms with Crippen LogP contribution in [-0.4, -0.2) is 18.0 Å². The smallest absolute Gasteiger partial charge is 0.251 e. The van der Waals surface area contributed by atoms with Crippen molar-refractivity contribution in [3.05, 3.63) is 95.6 Å². The third kappa shape index (κ3) is 3.87. The first kappa shape index (κ1) is 19.6. The first-order chi connectivity index (χ1) is 14.6. The van der Waals surface area contributed by atoms with Gasteiger partial charge in [0.2, 0.25) is 0 Å². The number of halogens is 1. The quantitative estimate of drug-likeness (QED) is 0.495. The molecule has 1 aromatic heterocycles. The molecule has 4 aromatic rings. The Morgan fingerprint density at radius 3 is 2.57 bits per heavy atom. The number of amides is 1. The summed E-state index contributed by atoms with van der Waals surface area (Å²) in [6.07, 6.45) is 3.58. The molecule has 1 amide bonds. The highest BCUT2D eigenvalue weighted by molar-refractivity contribution is 5.99. The molecule has 0 unspecified atom stereocenters. The Morgan fingerprint density at radius 1 is 1.03 bits per heavy atom. The molecule has 0 aliphatic heterocycles. The van der Waals surface area contributed by atoms with Crippen molar-refractivity contribution < 1.29 is 13.9 Å². The molecule has 30 heavy (non-hydrogen) atoms. The van der Waals surface area contributed by atoms with Crippen molar-refractivity contribution in [2.45, 2.75) is 13.5 Å². The zero-order chi connectivity index (χ0) is 21.1. The van der Waals surface area contributed by atoms with Crippen molar-refractivity contribution in [1.82, 2.24) is 10.3 Å². The summed E-state index contributed by atoms with van der Waals surface area (Å²) >= 11 is 0. The van der Waals surface area contributed by atoms with Crippen LogP contribution in [0.25, 0.3) is 21.9 Å². The van der Waals surface area contributed by atoms with E-state index in [9.17, 15) is 9.18 Å². The Labute approximate surface area is 174 Å². The number of rotatable bonds is 5. The summed E-state index contributed by atoms with van der Waals surface area (Å²) in [7, 11) is 1.66. The molecule has 3 aromatic carbocycles. The van der Waals surface area contributed by atoms with Gasteiger partial charge in [-0.25, -0.2) is 4.39 Å². The van der Waals surface area contributed by atoms with Gasteiger partial charge in [0.05, 0.1) is 7.11 Å². The van der Waals surface area contributed by atoms with Crippen LogP contribution in [0.1, 0.15) is 21.5 Å². The predicted octanol–water partition coefficient (Wildman–Crippen LogP) is 5.29. The van der Waals surface area contributed by atoms with E-state index in [4.69, 9.17) is 4.74 Å². The molecule has 0 radical (unpaired) electrons. The van der Waals surface area contributed by atoms with Crippen LogP contribution >= 0.6 is 0 Å². The van der Waals surface area contributed by atoms with Crippen molar-refractivity contribution in [3.63, 3.8) is 0 Å². The molecule has 1 heterocycles. The van der Waals surface area contributed by atoms with E-state index < -0.39 is 0 Å². The molecule has 4 nitrogen and oxygen atoms in total. The third-order valence-electron chi connectivity index (χ3n) is 5.16. The van der Waals surface area contributed by atoms with E-state index in [1.54, 1.807) is 13.3 Å². The van der Waals surface area contributed by atoms with Gasteiger partial charge in [-0.05, 0) is 77.0 Å². The molecule has 0 atom stereocenters. The Morgan fingerprint density at radius 2 is 1.83 bits per heavy atom. The van der Waals surface area contributed by atoms with Gasteiger partial charge in [-0.3, -0.25) is 9.78 Å². The standard InChI is InChI=1S/C25H21FN2O2/c1-16-13-18(6-10-24(16)30-2)21-9-5-19(23-15-27-12-11-22(21)23)14-28-25(29)17-3-7-20(26)8-4-17/h3-13,15H,14H2,1-2H3,(H,28,29). The molecule has 1 N–H and O–H groups in total. The fourth-order valence-corrected chi connectivity index (χ4v) is 3.58. The second-order valence-electron chi connectivity index (χ2n) is 7.07.